The number of carbonyl (C=O) groups excluding carboxylic acids is 1. The van der Waals surface area contributed by atoms with Crippen molar-refractivity contribution in [3.05, 3.63) is 77.9 Å². The standard InChI is InChI=1S/C28H25NO4S/c30-21-8-4-19(5-9-21)28-26(24-13-10-22(31)17-25(24)34-28)27(32)18-6-11-23(12-7-18)33-16-14-20-3-1-2-15-29-20/h4-13,17,30-31H,1-3,14-16H2. The summed E-state index contributed by atoms with van der Waals surface area (Å²) in [5.74, 6) is 0.960. The second-order valence-corrected chi connectivity index (χ2v) is 9.44. The van der Waals surface area contributed by atoms with Crippen LogP contribution < -0.4 is 4.74 Å². The van der Waals surface area contributed by atoms with E-state index in [-0.39, 0.29) is 17.3 Å². The van der Waals surface area contributed by atoms with Gasteiger partial charge in [0.1, 0.15) is 17.2 Å². The first-order chi connectivity index (χ1) is 16.6. The largest absolute Gasteiger partial charge is 0.508 e. The van der Waals surface area contributed by atoms with Crippen LogP contribution in [0.1, 0.15) is 41.6 Å². The summed E-state index contributed by atoms with van der Waals surface area (Å²) in [4.78, 5) is 19.0. The third kappa shape index (κ3) is 4.68. The highest BCUT2D eigenvalue weighted by Crippen LogP contribution is 2.41. The summed E-state index contributed by atoms with van der Waals surface area (Å²) in [5.41, 5.74) is 3.23. The predicted octanol–water partition coefficient (Wildman–Crippen LogP) is 6.60. The van der Waals surface area contributed by atoms with Gasteiger partial charge in [-0.05, 0) is 91.6 Å². The molecule has 0 bridgehead atoms. The molecule has 1 aliphatic heterocycles. The number of hydrogen-bond acceptors (Lipinski definition) is 6. The molecule has 34 heavy (non-hydrogen) atoms. The van der Waals surface area contributed by atoms with E-state index in [1.807, 2.05) is 12.1 Å². The minimum Gasteiger partial charge on any atom is -0.508 e. The summed E-state index contributed by atoms with van der Waals surface area (Å²) in [7, 11) is 0. The number of hydrogen-bond donors (Lipinski definition) is 2. The maximum atomic E-state index is 13.6. The van der Waals surface area contributed by atoms with Gasteiger partial charge < -0.3 is 14.9 Å². The Bertz CT molecular complexity index is 1350. The molecule has 6 heteroatoms. The lowest BCUT2D eigenvalue weighted by molar-refractivity contribution is 0.104. The SMILES string of the molecule is O=C(c1ccc(OCCC2=NCCCC2)cc1)c1c(-c2ccc(O)cc2)sc2cc(O)ccc12. The van der Waals surface area contributed by atoms with Gasteiger partial charge in [0.05, 0.1) is 6.61 Å². The molecule has 0 fully saturated rings. The Kier molecular flexibility index (Phi) is 6.32. The van der Waals surface area contributed by atoms with Crippen LogP contribution in [-0.2, 0) is 0 Å². The second-order valence-electron chi connectivity index (χ2n) is 8.39. The predicted molar refractivity (Wildman–Crippen MR) is 137 cm³/mol. The quantitative estimate of drug-likeness (QED) is 0.298. The maximum absolute atomic E-state index is 13.6. The Labute approximate surface area is 202 Å². The van der Waals surface area contributed by atoms with E-state index in [1.54, 1.807) is 54.6 Å². The second kappa shape index (κ2) is 9.69. The van der Waals surface area contributed by atoms with E-state index in [0.717, 1.165) is 45.7 Å². The number of phenols is 2. The molecular formula is C28H25NO4S. The van der Waals surface area contributed by atoms with Crippen LogP contribution in [0, 0.1) is 0 Å². The van der Waals surface area contributed by atoms with E-state index in [1.165, 1.54) is 29.9 Å². The zero-order valence-corrected chi connectivity index (χ0v) is 19.5. The van der Waals surface area contributed by atoms with E-state index in [2.05, 4.69) is 4.99 Å². The minimum atomic E-state index is -0.0943. The number of phenolic OH excluding ortho intramolecular Hbond substituents is 2. The van der Waals surface area contributed by atoms with Crippen molar-refractivity contribution in [2.24, 2.45) is 4.99 Å². The van der Waals surface area contributed by atoms with Crippen LogP contribution in [0.25, 0.3) is 20.5 Å². The van der Waals surface area contributed by atoms with Crippen molar-refractivity contribution in [1.29, 1.82) is 0 Å². The lowest BCUT2D eigenvalue weighted by Crippen LogP contribution is -2.10. The number of ketones is 1. The number of ether oxygens (including phenoxy) is 1. The molecule has 2 N–H and O–H groups in total. The summed E-state index contributed by atoms with van der Waals surface area (Å²) < 4.78 is 6.71. The average Bonchev–Trinajstić information content (AvgIpc) is 3.23. The van der Waals surface area contributed by atoms with Crippen LogP contribution in [0.2, 0.25) is 0 Å². The molecule has 0 saturated heterocycles. The van der Waals surface area contributed by atoms with E-state index >= 15 is 0 Å². The topological polar surface area (TPSA) is 79.1 Å². The van der Waals surface area contributed by atoms with E-state index in [4.69, 9.17) is 4.74 Å². The van der Waals surface area contributed by atoms with Crippen molar-refractivity contribution in [3.8, 4) is 27.7 Å². The van der Waals surface area contributed by atoms with Gasteiger partial charge >= 0.3 is 0 Å². The third-order valence-corrected chi connectivity index (χ3v) is 7.22. The molecule has 3 aromatic carbocycles. The van der Waals surface area contributed by atoms with Crippen molar-refractivity contribution >= 4 is 32.9 Å². The monoisotopic (exact) mass is 471 g/mol. The number of nitrogens with zero attached hydrogens (tertiary/aromatic N) is 1. The van der Waals surface area contributed by atoms with Crippen LogP contribution in [0.3, 0.4) is 0 Å². The van der Waals surface area contributed by atoms with Gasteiger partial charge in [-0.3, -0.25) is 9.79 Å². The number of benzene rings is 3. The van der Waals surface area contributed by atoms with Crippen molar-refractivity contribution in [1.82, 2.24) is 0 Å². The van der Waals surface area contributed by atoms with Crippen molar-refractivity contribution in [2.45, 2.75) is 25.7 Å². The summed E-state index contributed by atoms with van der Waals surface area (Å²) >= 11 is 1.45. The summed E-state index contributed by atoms with van der Waals surface area (Å²) in [5, 5.41) is 20.4. The van der Waals surface area contributed by atoms with Crippen LogP contribution in [0.15, 0.2) is 71.7 Å². The fourth-order valence-corrected chi connectivity index (χ4v) is 5.46. The van der Waals surface area contributed by atoms with Gasteiger partial charge in [-0.25, -0.2) is 0 Å². The first kappa shape index (κ1) is 22.2. The highest BCUT2D eigenvalue weighted by molar-refractivity contribution is 7.22. The van der Waals surface area contributed by atoms with E-state index < -0.39 is 0 Å². The van der Waals surface area contributed by atoms with Crippen molar-refractivity contribution in [2.75, 3.05) is 13.2 Å². The molecule has 1 aromatic heterocycles. The maximum Gasteiger partial charge on any atom is 0.195 e. The normalized spacial score (nSPS) is 13.6. The summed E-state index contributed by atoms with van der Waals surface area (Å²) in [6, 6.07) is 19.1. The molecule has 5 rings (SSSR count). The zero-order valence-electron chi connectivity index (χ0n) is 18.7. The van der Waals surface area contributed by atoms with Crippen molar-refractivity contribution in [3.63, 3.8) is 0 Å². The smallest absolute Gasteiger partial charge is 0.195 e. The molecule has 172 valence electrons. The van der Waals surface area contributed by atoms with E-state index in [0.29, 0.717) is 17.7 Å². The molecule has 2 heterocycles. The number of aromatic hydroxyl groups is 2. The van der Waals surface area contributed by atoms with Crippen LogP contribution >= 0.6 is 11.3 Å². The van der Waals surface area contributed by atoms with Gasteiger partial charge in [0.2, 0.25) is 0 Å². The Morgan fingerprint density at radius 3 is 2.44 bits per heavy atom. The molecule has 0 radical (unpaired) electrons. The number of thiophene rings is 1. The fourth-order valence-electron chi connectivity index (χ4n) is 4.22. The van der Waals surface area contributed by atoms with E-state index in [9.17, 15) is 15.0 Å². The molecule has 0 spiro atoms. The molecule has 1 aliphatic rings. The highest BCUT2D eigenvalue weighted by atomic mass is 32.1. The number of aliphatic imine (C=N–C) groups is 1. The minimum absolute atomic E-state index is 0.0943. The molecule has 0 aliphatic carbocycles. The summed E-state index contributed by atoms with van der Waals surface area (Å²) in [6.07, 6.45) is 4.28. The lowest BCUT2D eigenvalue weighted by Gasteiger charge is -2.12. The number of fused-ring (bicyclic) bond motifs is 1. The van der Waals surface area contributed by atoms with Crippen LogP contribution in [-0.4, -0.2) is 34.9 Å². The Hall–Kier alpha value is -3.64. The van der Waals surface area contributed by atoms with Gasteiger partial charge in [0, 0.05) is 44.8 Å². The average molecular weight is 472 g/mol. The third-order valence-electron chi connectivity index (χ3n) is 6.01. The first-order valence-electron chi connectivity index (χ1n) is 11.4. The summed E-state index contributed by atoms with van der Waals surface area (Å²) in [6.45, 7) is 1.50. The Balaban J connectivity index is 1.40. The van der Waals surface area contributed by atoms with Gasteiger partial charge in [-0.2, -0.15) is 0 Å². The van der Waals surface area contributed by atoms with Crippen molar-refractivity contribution < 1.29 is 19.7 Å². The zero-order chi connectivity index (χ0) is 23.5. The molecule has 0 atom stereocenters. The molecule has 0 unspecified atom stereocenters. The van der Waals surface area contributed by atoms with Gasteiger partial charge in [-0.1, -0.05) is 0 Å². The molecular weight excluding hydrogens is 446 g/mol. The van der Waals surface area contributed by atoms with Crippen LogP contribution in [0.5, 0.6) is 17.2 Å². The molecule has 0 saturated carbocycles. The Morgan fingerprint density at radius 2 is 1.71 bits per heavy atom. The lowest BCUT2D eigenvalue weighted by atomic mass is 9.97. The number of carbonyl (C=O) groups is 1. The molecule has 0 amide bonds. The molecule has 4 aromatic rings. The van der Waals surface area contributed by atoms with Gasteiger partial charge in [0.25, 0.3) is 0 Å². The molecule has 5 nitrogen and oxygen atoms in total. The first-order valence-corrected chi connectivity index (χ1v) is 12.2. The fraction of sp³-hybridized carbons (Fsp3) is 0.214. The Morgan fingerprint density at radius 1 is 0.941 bits per heavy atom. The van der Waals surface area contributed by atoms with Gasteiger partial charge in [0.15, 0.2) is 5.78 Å². The highest BCUT2D eigenvalue weighted by Gasteiger charge is 2.22. The van der Waals surface area contributed by atoms with Gasteiger partial charge in [-0.15, -0.1) is 11.3 Å². The number of rotatable bonds is 7. The van der Waals surface area contributed by atoms with Crippen LogP contribution in [0.4, 0.5) is 0 Å².